The van der Waals surface area contributed by atoms with Gasteiger partial charge < -0.3 is 9.15 Å². The fourth-order valence-electron chi connectivity index (χ4n) is 1.07. The third-order valence-electron chi connectivity index (χ3n) is 1.79. The van der Waals surface area contributed by atoms with Crippen molar-refractivity contribution in [3.05, 3.63) is 46.4 Å². The van der Waals surface area contributed by atoms with Crippen molar-refractivity contribution in [2.75, 3.05) is 6.61 Å². The lowest BCUT2D eigenvalue weighted by molar-refractivity contribution is -0.138. The molecular weight excluding hydrogens is 222 g/mol. The minimum absolute atomic E-state index is 0.153. The van der Waals surface area contributed by atoms with Crippen LogP contribution in [0.5, 0.6) is 0 Å². The second-order valence-corrected chi connectivity index (χ2v) is 2.93. The first-order chi connectivity index (χ1) is 8.21. The number of carbonyl (C=O) groups is 1. The van der Waals surface area contributed by atoms with Crippen molar-refractivity contribution in [2.24, 2.45) is 5.11 Å². The molecule has 0 unspecified atom stereocenters. The SMILES string of the molecule is C=Cc1coc(/C=C(\N=[N+]=[N-])C(=O)OCC)c1. The lowest BCUT2D eigenvalue weighted by Gasteiger charge is -1.99. The Hall–Kier alpha value is -2.46. The number of ether oxygens (including phenoxy) is 1. The summed E-state index contributed by atoms with van der Waals surface area (Å²) >= 11 is 0. The average molecular weight is 233 g/mol. The highest BCUT2D eigenvalue weighted by atomic mass is 16.5. The maximum absolute atomic E-state index is 11.4. The number of hydrogen-bond acceptors (Lipinski definition) is 4. The molecule has 0 amide bonds. The van der Waals surface area contributed by atoms with E-state index in [-0.39, 0.29) is 12.3 Å². The molecule has 0 atom stereocenters. The van der Waals surface area contributed by atoms with E-state index in [1.807, 2.05) is 0 Å². The Morgan fingerprint density at radius 2 is 2.53 bits per heavy atom. The lowest BCUT2D eigenvalue weighted by atomic mass is 10.3. The van der Waals surface area contributed by atoms with Crippen molar-refractivity contribution >= 4 is 18.1 Å². The summed E-state index contributed by atoms with van der Waals surface area (Å²) < 4.78 is 9.85. The summed E-state index contributed by atoms with van der Waals surface area (Å²) in [4.78, 5) is 14.0. The second kappa shape index (κ2) is 6.19. The first kappa shape index (κ1) is 12.6. The first-order valence-electron chi connectivity index (χ1n) is 4.86. The van der Waals surface area contributed by atoms with Crippen molar-refractivity contribution in [1.29, 1.82) is 0 Å². The minimum atomic E-state index is -0.693. The second-order valence-electron chi connectivity index (χ2n) is 2.93. The van der Waals surface area contributed by atoms with Gasteiger partial charge in [0.15, 0.2) is 0 Å². The van der Waals surface area contributed by atoms with Crippen LogP contribution in [-0.2, 0) is 9.53 Å². The summed E-state index contributed by atoms with van der Waals surface area (Å²) in [6.07, 6.45) is 4.38. The van der Waals surface area contributed by atoms with Gasteiger partial charge >= 0.3 is 5.97 Å². The zero-order chi connectivity index (χ0) is 12.7. The number of furan rings is 1. The Morgan fingerprint density at radius 1 is 1.76 bits per heavy atom. The number of esters is 1. The molecule has 1 rings (SSSR count). The number of hydrogen-bond donors (Lipinski definition) is 0. The van der Waals surface area contributed by atoms with E-state index in [2.05, 4.69) is 16.6 Å². The van der Waals surface area contributed by atoms with Crippen LogP contribution in [0.3, 0.4) is 0 Å². The van der Waals surface area contributed by atoms with E-state index in [4.69, 9.17) is 14.7 Å². The van der Waals surface area contributed by atoms with Gasteiger partial charge in [0, 0.05) is 10.5 Å². The first-order valence-corrected chi connectivity index (χ1v) is 4.86. The van der Waals surface area contributed by atoms with E-state index in [1.54, 1.807) is 19.1 Å². The number of azide groups is 1. The van der Waals surface area contributed by atoms with E-state index in [1.165, 1.54) is 12.3 Å². The minimum Gasteiger partial charge on any atom is -0.464 e. The van der Waals surface area contributed by atoms with Crippen molar-refractivity contribution < 1.29 is 13.9 Å². The smallest absolute Gasteiger partial charge is 0.340 e. The highest BCUT2D eigenvalue weighted by molar-refractivity contribution is 5.92. The predicted molar refractivity (Wildman–Crippen MR) is 62.6 cm³/mol. The van der Waals surface area contributed by atoms with Gasteiger partial charge in [0.05, 0.1) is 12.9 Å². The topological polar surface area (TPSA) is 88.2 Å². The third kappa shape index (κ3) is 3.55. The van der Waals surface area contributed by atoms with Crippen LogP contribution >= 0.6 is 0 Å². The fourth-order valence-corrected chi connectivity index (χ4v) is 1.07. The molecule has 0 radical (unpaired) electrons. The van der Waals surface area contributed by atoms with E-state index in [0.29, 0.717) is 5.76 Å². The number of carbonyl (C=O) groups excluding carboxylic acids is 1. The van der Waals surface area contributed by atoms with Gasteiger partial charge in [0.1, 0.15) is 11.5 Å². The normalized spacial score (nSPS) is 10.5. The molecule has 0 aliphatic carbocycles. The van der Waals surface area contributed by atoms with Gasteiger partial charge in [-0.3, -0.25) is 0 Å². The fraction of sp³-hybridized carbons (Fsp3) is 0.182. The van der Waals surface area contributed by atoms with Gasteiger partial charge in [-0.15, -0.1) is 0 Å². The zero-order valence-electron chi connectivity index (χ0n) is 9.29. The van der Waals surface area contributed by atoms with E-state index in [9.17, 15) is 4.79 Å². The summed E-state index contributed by atoms with van der Waals surface area (Å²) in [7, 11) is 0. The molecule has 17 heavy (non-hydrogen) atoms. The molecule has 0 bridgehead atoms. The monoisotopic (exact) mass is 233 g/mol. The van der Waals surface area contributed by atoms with Crippen LogP contribution in [0.15, 0.2) is 34.1 Å². The number of rotatable bonds is 5. The molecule has 0 aliphatic heterocycles. The summed E-state index contributed by atoms with van der Waals surface area (Å²) in [5.41, 5.74) is 8.96. The Bertz CT molecular complexity index is 496. The molecule has 0 saturated heterocycles. The Morgan fingerprint density at radius 3 is 3.06 bits per heavy atom. The molecule has 88 valence electrons. The van der Waals surface area contributed by atoms with Crippen LogP contribution in [0.1, 0.15) is 18.2 Å². The van der Waals surface area contributed by atoms with E-state index >= 15 is 0 Å². The van der Waals surface area contributed by atoms with Gasteiger partial charge in [0.25, 0.3) is 0 Å². The van der Waals surface area contributed by atoms with Gasteiger partial charge in [-0.05, 0) is 24.6 Å². The largest absolute Gasteiger partial charge is 0.464 e. The molecule has 1 heterocycles. The Kier molecular flexibility index (Phi) is 4.59. The average Bonchev–Trinajstić information content (AvgIpc) is 2.76. The van der Waals surface area contributed by atoms with Crippen LogP contribution in [0, 0.1) is 0 Å². The number of nitrogens with zero attached hydrogens (tertiary/aromatic N) is 3. The molecule has 0 saturated carbocycles. The summed E-state index contributed by atoms with van der Waals surface area (Å²) in [6.45, 7) is 5.43. The maximum Gasteiger partial charge on any atom is 0.340 e. The third-order valence-corrected chi connectivity index (χ3v) is 1.79. The highest BCUT2D eigenvalue weighted by Gasteiger charge is 2.09. The Labute approximate surface area is 97.8 Å². The maximum atomic E-state index is 11.4. The summed E-state index contributed by atoms with van der Waals surface area (Å²) in [5, 5.41) is 3.25. The van der Waals surface area contributed by atoms with Gasteiger partial charge in [0.2, 0.25) is 0 Å². The van der Waals surface area contributed by atoms with E-state index < -0.39 is 5.97 Å². The molecular formula is C11H11N3O3. The molecule has 0 fully saturated rings. The lowest BCUT2D eigenvalue weighted by Crippen LogP contribution is -2.05. The molecule has 0 aromatic carbocycles. The van der Waals surface area contributed by atoms with Crippen LogP contribution in [0.25, 0.3) is 22.6 Å². The standard InChI is InChI=1S/C11H11N3O3/c1-3-8-5-9(17-7-8)6-10(13-14-12)11(15)16-4-2/h3,5-7H,1,4H2,2H3/b10-6-. The molecule has 1 aromatic heterocycles. The van der Waals surface area contributed by atoms with Crippen LogP contribution in [-0.4, -0.2) is 12.6 Å². The van der Waals surface area contributed by atoms with Gasteiger partial charge in [-0.25, -0.2) is 4.79 Å². The predicted octanol–water partition coefficient (Wildman–Crippen LogP) is 3.14. The van der Waals surface area contributed by atoms with Gasteiger partial charge in [-0.1, -0.05) is 17.8 Å². The Balaban J connectivity index is 3.00. The van der Waals surface area contributed by atoms with Crippen molar-refractivity contribution in [3.63, 3.8) is 0 Å². The summed E-state index contributed by atoms with van der Waals surface area (Å²) in [6, 6.07) is 1.65. The van der Waals surface area contributed by atoms with E-state index in [0.717, 1.165) is 5.56 Å². The molecule has 6 heteroatoms. The van der Waals surface area contributed by atoms with Crippen LogP contribution in [0.4, 0.5) is 0 Å². The van der Waals surface area contributed by atoms with Gasteiger partial charge in [-0.2, -0.15) is 0 Å². The molecule has 1 aromatic rings. The zero-order valence-corrected chi connectivity index (χ0v) is 9.29. The van der Waals surface area contributed by atoms with Crippen LogP contribution < -0.4 is 0 Å². The van der Waals surface area contributed by atoms with Crippen molar-refractivity contribution in [1.82, 2.24) is 0 Å². The highest BCUT2D eigenvalue weighted by Crippen LogP contribution is 2.14. The van der Waals surface area contributed by atoms with Crippen molar-refractivity contribution in [2.45, 2.75) is 6.92 Å². The van der Waals surface area contributed by atoms with Crippen molar-refractivity contribution in [3.8, 4) is 0 Å². The molecule has 0 aliphatic rings. The molecule has 6 nitrogen and oxygen atoms in total. The summed E-state index contributed by atoms with van der Waals surface area (Å²) in [5.74, 6) is -0.308. The quantitative estimate of drug-likeness (QED) is 0.257. The van der Waals surface area contributed by atoms with Crippen LogP contribution in [0.2, 0.25) is 0 Å². The molecule has 0 spiro atoms. The molecule has 0 N–H and O–H groups in total.